The Morgan fingerprint density at radius 3 is 2.90 bits per heavy atom. The highest BCUT2D eigenvalue weighted by Gasteiger charge is 2.26. The van der Waals surface area contributed by atoms with E-state index in [-0.39, 0.29) is 16.7 Å². The smallest absolute Gasteiger partial charge is 0.311 e. The second kappa shape index (κ2) is 6.85. The van der Waals surface area contributed by atoms with E-state index < -0.39 is 0 Å². The summed E-state index contributed by atoms with van der Waals surface area (Å²) in [5.74, 6) is 1.01. The van der Waals surface area contributed by atoms with E-state index in [1.165, 1.54) is 6.42 Å². The topological polar surface area (TPSA) is 71.3 Å². The molecule has 2 rings (SSSR count). The quantitative estimate of drug-likeness (QED) is 0.667. The van der Waals surface area contributed by atoms with Crippen LogP contribution in [0.4, 0.5) is 11.5 Å². The molecule has 1 unspecified atom stereocenters. The summed E-state index contributed by atoms with van der Waals surface area (Å²) in [4.78, 5) is 17.4. The first-order valence-corrected chi connectivity index (χ1v) is 7.57. The zero-order valence-electron chi connectivity index (χ0n) is 13.0. The maximum absolute atomic E-state index is 11.3. The van der Waals surface area contributed by atoms with Gasteiger partial charge >= 0.3 is 5.69 Å². The second-order valence-corrected chi connectivity index (χ2v) is 6.07. The predicted molar refractivity (Wildman–Crippen MR) is 83.7 cm³/mol. The maximum atomic E-state index is 11.3. The van der Waals surface area contributed by atoms with Gasteiger partial charge in [0, 0.05) is 24.8 Å². The van der Waals surface area contributed by atoms with Gasteiger partial charge in [0.2, 0.25) is 5.82 Å². The van der Waals surface area contributed by atoms with Gasteiger partial charge in [-0.3, -0.25) is 10.1 Å². The molecule has 1 aliphatic heterocycles. The van der Waals surface area contributed by atoms with Crippen molar-refractivity contribution in [3.8, 4) is 0 Å². The van der Waals surface area contributed by atoms with Crippen LogP contribution in [-0.2, 0) is 0 Å². The second-order valence-electron chi connectivity index (χ2n) is 6.07. The van der Waals surface area contributed by atoms with Crippen LogP contribution in [0.1, 0.15) is 32.3 Å². The number of pyridine rings is 1. The summed E-state index contributed by atoms with van der Waals surface area (Å²) in [6, 6.07) is 1.79. The number of hydrogen-bond acceptors (Lipinski definition) is 5. The number of nitro groups is 1. The number of rotatable bonds is 5. The van der Waals surface area contributed by atoms with Crippen LogP contribution in [-0.4, -0.2) is 35.6 Å². The van der Waals surface area contributed by atoms with Gasteiger partial charge in [0.25, 0.3) is 0 Å². The Labute approximate surface area is 125 Å². The van der Waals surface area contributed by atoms with Crippen LogP contribution < -0.4 is 10.2 Å². The monoisotopic (exact) mass is 292 g/mol. The van der Waals surface area contributed by atoms with Crippen molar-refractivity contribution >= 4 is 11.5 Å². The van der Waals surface area contributed by atoms with Gasteiger partial charge < -0.3 is 10.2 Å². The molecule has 6 nitrogen and oxygen atoms in total. The zero-order chi connectivity index (χ0) is 15.4. The van der Waals surface area contributed by atoms with E-state index in [1.54, 1.807) is 12.3 Å². The van der Waals surface area contributed by atoms with Crippen molar-refractivity contribution in [2.45, 2.75) is 39.7 Å². The van der Waals surface area contributed by atoms with Gasteiger partial charge in [-0.15, -0.1) is 0 Å². The van der Waals surface area contributed by atoms with Gasteiger partial charge in [0.15, 0.2) is 0 Å². The number of nitrogens with zero attached hydrogens (tertiary/aromatic N) is 3. The van der Waals surface area contributed by atoms with Gasteiger partial charge in [0.1, 0.15) is 0 Å². The minimum Gasteiger partial charge on any atom is -0.348 e. The molecule has 0 saturated carbocycles. The highest BCUT2D eigenvalue weighted by Crippen LogP contribution is 2.29. The molecule has 0 radical (unpaired) electrons. The lowest BCUT2D eigenvalue weighted by Gasteiger charge is -2.33. The third-order valence-corrected chi connectivity index (χ3v) is 3.93. The van der Waals surface area contributed by atoms with Crippen molar-refractivity contribution in [3.05, 3.63) is 27.9 Å². The maximum Gasteiger partial charge on any atom is 0.311 e. The largest absolute Gasteiger partial charge is 0.348 e. The van der Waals surface area contributed by atoms with Gasteiger partial charge in [-0.1, -0.05) is 0 Å². The Morgan fingerprint density at radius 1 is 1.57 bits per heavy atom. The Balaban J connectivity index is 2.27. The van der Waals surface area contributed by atoms with Gasteiger partial charge in [-0.25, -0.2) is 4.98 Å². The number of anilines is 1. The number of aromatic nitrogens is 1. The van der Waals surface area contributed by atoms with Crippen molar-refractivity contribution in [3.63, 3.8) is 0 Å². The van der Waals surface area contributed by atoms with E-state index in [1.807, 2.05) is 6.92 Å². The molecular formula is C15H24N4O2. The fourth-order valence-corrected chi connectivity index (χ4v) is 2.80. The van der Waals surface area contributed by atoms with Gasteiger partial charge in [-0.2, -0.15) is 0 Å². The molecule has 116 valence electrons. The van der Waals surface area contributed by atoms with E-state index in [0.29, 0.717) is 11.7 Å². The summed E-state index contributed by atoms with van der Waals surface area (Å²) in [5.41, 5.74) is 0.918. The first-order chi connectivity index (χ1) is 9.99. The number of hydrogen-bond donors (Lipinski definition) is 1. The first kappa shape index (κ1) is 15.7. The van der Waals surface area contributed by atoms with Crippen LogP contribution >= 0.6 is 0 Å². The van der Waals surface area contributed by atoms with Crippen LogP contribution in [0.5, 0.6) is 0 Å². The summed E-state index contributed by atoms with van der Waals surface area (Å²) in [6.07, 6.45) is 4.03. The van der Waals surface area contributed by atoms with Crippen molar-refractivity contribution in [1.82, 2.24) is 10.3 Å². The molecule has 0 aromatic carbocycles. The molecule has 1 aromatic heterocycles. The molecule has 2 heterocycles. The van der Waals surface area contributed by atoms with Gasteiger partial charge in [0.05, 0.1) is 4.92 Å². The normalized spacial score (nSPS) is 18.8. The molecule has 1 aliphatic rings. The fourth-order valence-electron chi connectivity index (χ4n) is 2.80. The number of aryl methyl sites for hydroxylation is 1. The summed E-state index contributed by atoms with van der Waals surface area (Å²) in [6.45, 7) is 8.79. The third-order valence-electron chi connectivity index (χ3n) is 3.93. The van der Waals surface area contributed by atoms with Crippen molar-refractivity contribution < 1.29 is 4.92 Å². The van der Waals surface area contributed by atoms with Crippen LogP contribution in [0.25, 0.3) is 0 Å². The molecule has 0 amide bonds. The molecule has 1 N–H and O–H groups in total. The van der Waals surface area contributed by atoms with E-state index in [9.17, 15) is 10.1 Å². The third kappa shape index (κ3) is 3.91. The molecule has 6 heteroatoms. The molecule has 1 fully saturated rings. The summed E-state index contributed by atoms with van der Waals surface area (Å²) >= 11 is 0. The lowest BCUT2D eigenvalue weighted by molar-refractivity contribution is -0.384. The predicted octanol–water partition coefficient (Wildman–Crippen LogP) is 2.51. The Hall–Kier alpha value is -1.69. The molecule has 0 aliphatic carbocycles. The standard InChI is InChI=1S/C15H24N4O2/c1-11(2)18(10-13-5-4-6-16-9-13)15-14(19(20)21)7-12(3)8-17-15/h7-8,11,13,16H,4-6,9-10H2,1-3H3. The lowest BCUT2D eigenvalue weighted by atomic mass is 9.98. The highest BCUT2D eigenvalue weighted by molar-refractivity contribution is 5.59. The van der Waals surface area contributed by atoms with Crippen LogP contribution in [0.3, 0.4) is 0 Å². The summed E-state index contributed by atoms with van der Waals surface area (Å²) in [7, 11) is 0. The van der Waals surface area contributed by atoms with Crippen molar-refractivity contribution in [1.29, 1.82) is 0 Å². The average molecular weight is 292 g/mol. The minimum atomic E-state index is -0.330. The Kier molecular flexibility index (Phi) is 5.12. The van der Waals surface area contributed by atoms with Crippen molar-refractivity contribution in [2.75, 3.05) is 24.5 Å². The Bertz CT molecular complexity index is 498. The van der Waals surface area contributed by atoms with Crippen molar-refractivity contribution in [2.24, 2.45) is 5.92 Å². The molecule has 21 heavy (non-hydrogen) atoms. The number of nitrogens with one attached hydrogen (secondary N) is 1. The fraction of sp³-hybridized carbons (Fsp3) is 0.667. The number of piperidine rings is 1. The van der Waals surface area contributed by atoms with Gasteiger partial charge in [-0.05, 0) is 58.2 Å². The highest BCUT2D eigenvalue weighted by atomic mass is 16.6. The van der Waals surface area contributed by atoms with Crippen LogP contribution in [0.2, 0.25) is 0 Å². The summed E-state index contributed by atoms with van der Waals surface area (Å²) in [5, 5.41) is 14.7. The van der Waals surface area contributed by atoms with E-state index in [2.05, 4.69) is 29.0 Å². The average Bonchev–Trinajstić information content (AvgIpc) is 2.46. The molecule has 0 spiro atoms. The minimum absolute atomic E-state index is 0.104. The lowest BCUT2D eigenvalue weighted by Crippen LogP contribution is -2.41. The van der Waals surface area contributed by atoms with E-state index >= 15 is 0 Å². The molecule has 0 bridgehead atoms. The SMILES string of the molecule is Cc1cnc(N(CC2CCCNC2)C(C)C)c([N+](=O)[O-])c1. The van der Waals surface area contributed by atoms with Crippen LogP contribution in [0, 0.1) is 23.0 Å². The molecule has 1 atom stereocenters. The van der Waals surface area contributed by atoms with E-state index in [4.69, 9.17) is 0 Å². The molecular weight excluding hydrogens is 268 g/mol. The first-order valence-electron chi connectivity index (χ1n) is 7.57. The van der Waals surface area contributed by atoms with Crippen LogP contribution in [0.15, 0.2) is 12.3 Å². The Morgan fingerprint density at radius 2 is 2.33 bits per heavy atom. The summed E-state index contributed by atoms with van der Waals surface area (Å²) < 4.78 is 0. The zero-order valence-corrected chi connectivity index (χ0v) is 13.0. The molecule has 1 aromatic rings. The molecule has 1 saturated heterocycles. The van der Waals surface area contributed by atoms with E-state index in [0.717, 1.165) is 31.6 Å².